The molecule has 0 saturated carbocycles. The van der Waals surface area contributed by atoms with Crippen molar-refractivity contribution in [3.05, 3.63) is 65.7 Å². The van der Waals surface area contributed by atoms with Gasteiger partial charge in [-0.1, -0.05) is 30.3 Å². The molecule has 0 saturated heterocycles. The lowest BCUT2D eigenvalue weighted by atomic mass is 10.1. The molecule has 0 unspecified atom stereocenters. The van der Waals surface area contributed by atoms with Crippen LogP contribution in [0.5, 0.6) is 5.75 Å². The average Bonchev–Trinajstić information content (AvgIpc) is 2.64. The molecule has 0 aliphatic rings. The van der Waals surface area contributed by atoms with Crippen molar-refractivity contribution in [1.82, 2.24) is 4.90 Å². The van der Waals surface area contributed by atoms with E-state index in [1.807, 2.05) is 30.3 Å². The van der Waals surface area contributed by atoms with Crippen LogP contribution in [0, 0.1) is 0 Å². The van der Waals surface area contributed by atoms with Gasteiger partial charge >= 0.3 is 0 Å². The van der Waals surface area contributed by atoms with Gasteiger partial charge in [-0.3, -0.25) is 9.59 Å². The van der Waals surface area contributed by atoms with Crippen LogP contribution in [0.25, 0.3) is 0 Å². The summed E-state index contributed by atoms with van der Waals surface area (Å²) in [6.45, 7) is 1.39. The van der Waals surface area contributed by atoms with Crippen molar-refractivity contribution in [2.24, 2.45) is 11.5 Å². The van der Waals surface area contributed by atoms with E-state index < -0.39 is 5.91 Å². The van der Waals surface area contributed by atoms with Crippen LogP contribution < -0.4 is 16.2 Å². The average molecular weight is 341 g/mol. The van der Waals surface area contributed by atoms with Crippen molar-refractivity contribution >= 4 is 11.8 Å². The molecule has 2 aromatic carbocycles. The van der Waals surface area contributed by atoms with Crippen LogP contribution in [0.1, 0.15) is 15.9 Å². The number of carbonyl (C=O) groups is 2. The summed E-state index contributed by atoms with van der Waals surface area (Å²) in [5.41, 5.74) is 12.4. The molecule has 0 atom stereocenters. The van der Waals surface area contributed by atoms with Crippen LogP contribution in [0.2, 0.25) is 0 Å². The summed E-state index contributed by atoms with van der Waals surface area (Å²) in [7, 11) is 0. The predicted octanol–water partition coefficient (Wildman–Crippen LogP) is 1.19. The van der Waals surface area contributed by atoms with Crippen molar-refractivity contribution in [2.45, 2.75) is 6.42 Å². The second-order valence-electron chi connectivity index (χ2n) is 5.58. The van der Waals surface area contributed by atoms with E-state index in [1.165, 1.54) is 5.56 Å². The molecular weight excluding hydrogens is 318 g/mol. The lowest BCUT2D eigenvalue weighted by molar-refractivity contribution is -0.133. The maximum absolute atomic E-state index is 12.4. The zero-order chi connectivity index (χ0) is 18.1. The number of ether oxygens (including phenoxy) is 1. The molecule has 132 valence electrons. The number of nitrogens with zero attached hydrogens (tertiary/aromatic N) is 1. The summed E-state index contributed by atoms with van der Waals surface area (Å²) in [6.07, 6.45) is 0.764. The Morgan fingerprint density at radius 1 is 0.960 bits per heavy atom. The minimum atomic E-state index is -0.502. The zero-order valence-corrected chi connectivity index (χ0v) is 14.1. The van der Waals surface area contributed by atoms with Gasteiger partial charge in [-0.25, -0.2) is 0 Å². The molecule has 0 bridgehead atoms. The number of carbonyl (C=O) groups excluding carboxylic acids is 2. The minimum Gasteiger partial charge on any atom is -0.484 e. The number of hydrogen-bond acceptors (Lipinski definition) is 4. The van der Waals surface area contributed by atoms with E-state index in [0.717, 1.165) is 6.42 Å². The van der Waals surface area contributed by atoms with E-state index in [2.05, 4.69) is 0 Å². The van der Waals surface area contributed by atoms with E-state index in [-0.39, 0.29) is 12.5 Å². The topological polar surface area (TPSA) is 98.7 Å². The molecule has 4 N–H and O–H groups in total. The van der Waals surface area contributed by atoms with Crippen molar-refractivity contribution in [1.29, 1.82) is 0 Å². The monoisotopic (exact) mass is 341 g/mol. The van der Waals surface area contributed by atoms with Crippen LogP contribution in [-0.4, -0.2) is 43.0 Å². The molecule has 2 rings (SSSR count). The third kappa shape index (κ3) is 5.93. The predicted molar refractivity (Wildman–Crippen MR) is 96.2 cm³/mol. The highest BCUT2D eigenvalue weighted by atomic mass is 16.5. The quantitative estimate of drug-likeness (QED) is 0.716. The van der Waals surface area contributed by atoms with Crippen molar-refractivity contribution in [2.75, 3.05) is 26.2 Å². The third-order valence-corrected chi connectivity index (χ3v) is 3.77. The molecule has 0 heterocycles. The molecule has 6 heteroatoms. The van der Waals surface area contributed by atoms with Gasteiger partial charge in [0.1, 0.15) is 5.75 Å². The maximum atomic E-state index is 12.4. The van der Waals surface area contributed by atoms with Gasteiger partial charge in [0.25, 0.3) is 5.91 Å². The Kier molecular flexibility index (Phi) is 6.98. The third-order valence-electron chi connectivity index (χ3n) is 3.77. The summed E-state index contributed by atoms with van der Waals surface area (Å²) in [5, 5.41) is 0. The highest BCUT2D eigenvalue weighted by Gasteiger charge is 2.13. The first-order valence-corrected chi connectivity index (χ1v) is 8.14. The van der Waals surface area contributed by atoms with Crippen molar-refractivity contribution < 1.29 is 14.3 Å². The number of primary amides is 1. The van der Waals surface area contributed by atoms with E-state index in [0.29, 0.717) is 30.9 Å². The molecule has 0 radical (unpaired) electrons. The van der Waals surface area contributed by atoms with Gasteiger partial charge in [-0.2, -0.15) is 0 Å². The molecule has 2 amide bonds. The van der Waals surface area contributed by atoms with Crippen LogP contribution in [0.15, 0.2) is 54.6 Å². The summed E-state index contributed by atoms with van der Waals surface area (Å²) >= 11 is 0. The van der Waals surface area contributed by atoms with Gasteiger partial charge < -0.3 is 21.1 Å². The van der Waals surface area contributed by atoms with E-state index in [4.69, 9.17) is 16.2 Å². The fraction of sp³-hybridized carbons (Fsp3) is 0.263. The highest BCUT2D eigenvalue weighted by molar-refractivity contribution is 5.92. The van der Waals surface area contributed by atoms with Crippen LogP contribution >= 0.6 is 0 Å². The van der Waals surface area contributed by atoms with Gasteiger partial charge in [0.15, 0.2) is 6.61 Å². The molecule has 0 aliphatic carbocycles. The normalized spacial score (nSPS) is 10.3. The van der Waals surface area contributed by atoms with E-state index >= 15 is 0 Å². The Bertz CT molecular complexity index is 687. The molecule has 0 spiro atoms. The summed E-state index contributed by atoms with van der Waals surface area (Å²) < 4.78 is 5.50. The lowest BCUT2D eigenvalue weighted by Gasteiger charge is -2.22. The number of rotatable bonds is 9. The Hall–Kier alpha value is -2.86. The molecule has 6 nitrogen and oxygen atoms in total. The smallest absolute Gasteiger partial charge is 0.260 e. The van der Waals surface area contributed by atoms with Gasteiger partial charge in [0.2, 0.25) is 5.91 Å². The van der Waals surface area contributed by atoms with Crippen LogP contribution in [-0.2, 0) is 11.2 Å². The Labute approximate surface area is 147 Å². The fourth-order valence-corrected chi connectivity index (χ4v) is 2.38. The maximum Gasteiger partial charge on any atom is 0.260 e. The lowest BCUT2D eigenvalue weighted by Crippen LogP contribution is -2.39. The van der Waals surface area contributed by atoms with Crippen LogP contribution in [0.4, 0.5) is 0 Å². The molecule has 0 aliphatic heterocycles. The number of benzene rings is 2. The summed E-state index contributed by atoms with van der Waals surface area (Å²) in [4.78, 5) is 25.1. The summed E-state index contributed by atoms with van der Waals surface area (Å²) in [5.74, 6) is -0.118. The SMILES string of the molecule is NCCN(CCc1ccccc1)C(=O)COc1ccc(C(N)=O)cc1. The van der Waals surface area contributed by atoms with Gasteiger partial charge in [-0.15, -0.1) is 0 Å². The van der Waals surface area contributed by atoms with Crippen molar-refractivity contribution in [3.63, 3.8) is 0 Å². The standard InChI is InChI=1S/C19H23N3O3/c20-11-13-22(12-10-15-4-2-1-3-5-15)18(23)14-25-17-8-6-16(7-9-17)19(21)24/h1-9H,10-14,20H2,(H2,21,24). The molecule has 0 aromatic heterocycles. The van der Waals surface area contributed by atoms with Crippen LogP contribution in [0.3, 0.4) is 0 Å². The number of nitrogens with two attached hydrogens (primary N) is 2. The molecule has 0 fully saturated rings. The van der Waals surface area contributed by atoms with Gasteiger partial charge in [0, 0.05) is 25.2 Å². The zero-order valence-electron chi connectivity index (χ0n) is 14.1. The van der Waals surface area contributed by atoms with Gasteiger partial charge in [0.05, 0.1) is 0 Å². The number of amides is 2. The molecule has 2 aromatic rings. The van der Waals surface area contributed by atoms with E-state index in [9.17, 15) is 9.59 Å². The first-order chi connectivity index (χ1) is 12.1. The summed E-state index contributed by atoms with van der Waals surface area (Å²) in [6, 6.07) is 16.3. The fourth-order valence-electron chi connectivity index (χ4n) is 2.38. The first-order valence-electron chi connectivity index (χ1n) is 8.14. The number of hydrogen-bond donors (Lipinski definition) is 2. The van der Waals surface area contributed by atoms with Gasteiger partial charge in [-0.05, 0) is 36.2 Å². The minimum absolute atomic E-state index is 0.0787. The van der Waals surface area contributed by atoms with Crippen molar-refractivity contribution in [3.8, 4) is 5.75 Å². The Balaban J connectivity index is 1.87. The Morgan fingerprint density at radius 2 is 1.64 bits per heavy atom. The highest BCUT2D eigenvalue weighted by Crippen LogP contribution is 2.12. The second kappa shape index (κ2) is 9.44. The molecule has 25 heavy (non-hydrogen) atoms. The first kappa shape index (κ1) is 18.5. The Morgan fingerprint density at radius 3 is 2.24 bits per heavy atom. The molecular formula is C19H23N3O3. The second-order valence-corrected chi connectivity index (χ2v) is 5.58. The largest absolute Gasteiger partial charge is 0.484 e. The van der Waals surface area contributed by atoms with E-state index in [1.54, 1.807) is 29.2 Å².